The van der Waals surface area contributed by atoms with Crippen molar-refractivity contribution in [1.82, 2.24) is 4.72 Å². The highest BCUT2D eigenvalue weighted by molar-refractivity contribution is 7.89. The molecule has 2 aromatic carbocycles. The average Bonchev–Trinajstić information content (AvgIpc) is 2.51. The fraction of sp³-hybridized carbons (Fsp3) is 0.368. The second-order valence-electron chi connectivity index (χ2n) is 6.79. The highest BCUT2D eigenvalue weighted by Gasteiger charge is 2.15. The Hall–Kier alpha value is -1.85. The predicted octanol–water partition coefficient (Wildman–Crippen LogP) is 3.65. The Morgan fingerprint density at radius 2 is 1.62 bits per heavy atom. The lowest BCUT2D eigenvalue weighted by Gasteiger charge is -2.19. The number of ether oxygens (including phenoxy) is 1. The third-order valence-electron chi connectivity index (χ3n) is 3.77. The van der Waals surface area contributed by atoms with Gasteiger partial charge in [-0.15, -0.1) is 0 Å². The van der Waals surface area contributed by atoms with Crippen LogP contribution in [0.2, 0.25) is 0 Å². The molecule has 2 aromatic rings. The van der Waals surface area contributed by atoms with E-state index in [-0.39, 0.29) is 18.6 Å². The summed E-state index contributed by atoms with van der Waals surface area (Å²) in [7, 11) is -3.50. The first-order valence-electron chi connectivity index (χ1n) is 7.99. The first-order valence-corrected chi connectivity index (χ1v) is 9.47. The van der Waals surface area contributed by atoms with Gasteiger partial charge >= 0.3 is 0 Å². The molecule has 2 rings (SSSR count). The molecule has 0 amide bonds. The van der Waals surface area contributed by atoms with Gasteiger partial charge in [0.25, 0.3) is 0 Å². The fourth-order valence-corrected chi connectivity index (χ4v) is 3.59. The molecule has 0 aliphatic carbocycles. The van der Waals surface area contributed by atoms with Crippen LogP contribution in [0.4, 0.5) is 0 Å². The van der Waals surface area contributed by atoms with Gasteiger partial charge in [0.15, 0.2) is 0 Å². The molecule has 0 fully saturated rings. The van der Waals surface area contributed by atoms with Gasteiger partial charge in [0.05, 0.1) is 4.90 Å². The summed E-state index contributed by atoms with van der Waals surface area (Å²) in [6, 6.07) is 14.8. The Labute approximate surface area is 144 Å². The maximum absolute atomic E-state index is 12.3. The summed E-state index contributed by atoms with van der Waals surface area (Å²) in [5, 5.41) is 0. The molecule has 24 heavy (non-hydrogen) atoms. The molecule has 0 atom stereocenters. The van der Waals surface area contributed by atoms with Crippen molar-refractivity contribution in [3.05, 3.63) is 59.7 Å². The highest BCUT2D eigenvalue weighted by Crippen LogP contribution is 2.24. The molecular weight excluding hydrogens is 322 g/mol. The Kier molecular flexibility index (Phi) is 5.67. The van der Waals surface area contributed by atoms with Gasteiger partial charge in [-0.3, -0.25) is 0 Å². The Balaban J connectivity index is 1.88. The van der Waals surface area contributed by atoms with Crippen LogP contribution in [0.1, 0.15) is 31.9 Å². The van der Waals surface area contributed by atoms with E-state index in [9.17, 15) is 8.42 Å². The third kappa shape index (κ3) is 4.82. The van der Waals surface area contributed by atoms with Gasteiger partial charge in [-0.25, -0.2) is 13.1 Å². The van der Waals surface area contributed by atoms with E-state index in [1.165, 1.54) is 5.56 Å². The number of hydrogen-bond acceptors (Lipinski definition) is 3. The molecule has 0 saturated heterocycles. The maximum Gasteiger partial charge on any atom is 0.240 e. The quantitative estimate of drug-likeness (QED) is 0.812. The summed E-state index contributed by atoms with van der Waals surface area (Å²) in [6.07, 6.45) is 0. The van der Waals surface area contributed by atoms with Crippen molar-refractivity contribution in [2.75, 3.05) is 13.2 Å². The predicted molar refractivity (Wildman–Crippen MR) is 97.0 cm³/mol. The van der Waals surface area contributed by atoms with Crippen molar-refractivity contribution >= 4 is 10.0 Å². The first kappa shape index (κ1) is 18.5. The fourth-order valence-electron chi connectivity index (χ4n) is 2.33. The van der Waals surface area contributed by atoms with E-state index in [0.29, 0.717) is 4.90 Å². The van der Waals surface area contributed by atoms with Gasteiger partial charge in [0, 0.05) is 6.54 Å². The van der Waals surface area contributed by atoms with Crippen LogP contribution in [0.3, 0.4) is 0 Å². The van der Waals surface area contributed by atoms with E-state index in [1.807, 2.05) is 30.3 Å². The van der Waals surface area contributed by atoms with Gasteiger partial charge in [-0.1, -0.05) is 51.1 Å². The van der Waals surface area contributed by atoms with Crippen LogP contribution in [0.25, 0.3) is 0 Å². The lowest BCUT2D eigenvalue weighted by molar-refractivity contribution is 0.322. The van der Waals surface area contributed by atoms with Crippen molar-refractivity contribution in [2.24, 2.45) is 0 Å². The number of hydrogen-bond donors (Lipinski definition) is 1. The molecule has 0 spiro atoms. The first-order chi connectivity index (χ1) is 11.2. The molecular formula is C19H25NO3S. The van der Waals surface area contributed by atoms with Crippen LogP contribution in [-0.4, -0.2) is 21.6 Å². The van der Waals surface area contributed by atoms with Gasteiger partial charge in [-0.2, -0.15) is 0 Å². The second kappa shape index (κ2) is 7.36. The zero-order valence-corrected chi connectivity index (χ0v) is 15.5. The number of rotatable bonds is 6. The Bertz CT molecular complexity index is 775. The molecule has 0 saturated carbocycles. The van der Waals surface area contributed by atoms with Gasteiger partial charge in [0.2, 0.25) is 10.0 Å². The largest absolute Gasteiger partial charge is 0.492 e. The standard InChI is InChI=1S/C19H25NO3S/c1-15-7-5-6-8-18(15)24(21,22)20-13-14-23-17-11-9-16(10-12-17)19(2,3)4/h5-12,20H,13-14H2,1-4H3. The number of aryl methyl sites for hydroxylation is 1. The molecule has 0 heterocycles. The van der Waals surface area contributed by atoms with Crippen LogP contribution in [0.15, 0.2) is 53.4 Å². The normalized spacial score (nSPS) is 12.2. The van der Waals surface area contributed by atoms with E-state index >= 15 is 0 Å². The molecule has 0 aliphatic heterocycles. The molecule has 1 N–H and O–H groups in total. The van der Waals surface area contributed by atoms with E-state index in [1.54, 1.807) is 25.1 Å². The molecule has 130 valence electrons. The summed E-state index contributed by atoms with van der Waals surface area (Å²) in [6.45, 7) is 8.75. The number of sulfonamides is 1. The van der Waals surface area contributed by atoms with Crippen molar-refractivity contribution < 1.29 is 13.2 Å². The molecule has 0 bridgehead atoms. The van der Waals surface area contributed by atoms with Crippen LogP contribution in [0, 0.1) is 6.92 Å². The third-order valence-corrected chi connectivity index (χ3v) is 5.39. The number of nitrogens with one attached hydrogen (secondary N) is 1. The van der Waals surface area contributed by atoms with E-state index in [2.05, 4.69) is 25.5 Å². The highest BCUT2D eigenvalue weighted by atomic mass is 32.2. The zero-order chi connectivity index (χ0) is 17.8. The lowest BCUT2D eigenvalue weighted by Crippen LogP contribution is -2.28. The molecule has 0 radical (unpaired) electrons. The SMILES string of the molecule is Cc1ccccc1S(=O)(=O)NCCOc1ccc(C(C)(C)C)cc1. The second-order valence-corrected chi connectivity index (χ2v) is 8.52. The topological polar surface area (TPSA) is 55.4 Å². The molecule has 4 nitrogen and oxygen atoms in total. The summed E-state index contributed by atoms with van der Waals surface area (Å²) in [4.78, 5) is 0.305. The maximum atomic E-state index is 12.3. The van der Waals surface area contributed by atoms with Crippen molar-refractivity contribution in [3.63, 3.8) is 0 Å². The summed E-state index contributed by atoms with van der Waals surface area (Å²) in [5.41, 5.74) is 2.06. The van der Waals surface area contributed by atoms with Crippen molar-refractivity contribution in [1.29, 1.82) is 0 Å². The van der Waals surface area contributed by atoms with E-state index in [0.717, 1.165) is 11.3 Å². The average molecular weight is 347 g/mol. The van der Waals surface area contributed by atoms with E-state index < -0.39 is 10.0 Å². The Morgan fingerprint density at radius 1 is 1.00 bits per heavy atom. The summed E-state index contributed by atoms with van der Waals surface area (Å²) < 4.78 is 32.7. The van der Waals surface area contributed by atoms with Gasteiger partial charge in [0.1, 0.15) is 12.4 Å². The minimum absolute atomic E-state index is 0.0989. The van der Waals surface area contributed by atoms with Crippen molar-refractivity contribution in [2.45, 2.75) is 38.0 Å². The lowest BCUT2D eigenvalue weighted by atomic mass is 9.87. The zero-order valence-electron chi connectivity index (χ0n) is 14.7. The molecule has 5 heteroatoms. The van der Waals surface area contributed by atoms with Crippen LogP contribution >= 0.6 is 0 Å². The minimum Gasteiger partial charge on any atom is -0.492 e. The smallest absolute Gasteiger partial charge is 0.240 e. The van der Waals surface area contributed by atoms with Gasteiger partial charge < -0.3 is 4.74 Å². The molecule has 0 aromatic heterocycles. The molecule has 0 aliphatic rings. The molecule has 0 unspecified atom stereocenters. The van der Waals surface area contributed by atoms with Crippen molar-refractivity contribution in [3.8, 4) is 5.75 Å². The van der Waals surface area contributed by atoms with Crippen LogP contribution in [-0.2, 0) is 15.4 Å². The number of benzene rings is 2. The van der Waals surface area contributed by atoms with E-state index in [4.69, 9.17) is 4.74 Å². The van der Waals surface area contributed by atoms with Gasteiger partial charge in [-0.05, 0) is 41.7 Å². The minimum atomic E-state index is -3.50. The summed E-state index contributed by atoms with van der Waals surface area (Å²) in [5.74, 6) is 0.734. The van der Waals surface area contributed by atoms with Crippen LogP contribution < -0.4 is 9.46 Å². The monoisotopic (exact) mass is 347 g/mol. The Morgan fingerprint density at radius 3 is 2.21 bits per heavy atom. The summed E-state index contributed by atoms with van der Waals surface area (Å²) >= 11 is 0. The van der Waals surface area contributed by atoms with Crippen LogP contribution in [0.5, 0.6) is 5.75 Å².